The van der Waals surface area contributed by atoms with Crippen LogP contribution in [0.4, 0.5) is 5.69 Å². The molecule has 0 saturated carbocycles. The molecule has 0 unspecified atom stereocenters. The van der Waals surface area contributed by atoms with Gasteiger partial charge in [0, 0.05) is 12.1 Å². The molecule has 0 aliphatic rings. The minimum atomic E-state index is -1.86. The fraction of sp³-hybridized carbons (Fsp3) is 0.500. The lowest BCUT2D eigenvalue weighted by Gasteiger charge is -2.36. The molecule has 1 aromatic rings. The summed E-state index contributed by atoms with van der Waals surface area (Å²) in [6.07, 6.45) is 0. The molecule has 0 saturated heterocycles. The van der Waals surface area contributed by atoms with Crippen molar-refractivity contribution in [2.45, 2.75) is 38.9 Å². The van der Waals surface area contributed by atoms with Crippen LogP contribution >= 0.6 is 0 Å². The number of nitro groups is 1. The van der Waals surface area contributed by atoms with Crippen LogP contribution in [-0.4, -0.2) is 13.2 Å². The van der Waals surface area contributed by atoms with E-state index in [0.29, 0.717) is 5.75 Å². The number of benzene rings is 1. The Morgan fingerprint density at radius 2 is 1.65 bits per heavy atom. The quantitative estimate of drug-likeness (QED) is 0.465. The van der Waals surface area contributed by atoms with Gasteiger partial charge in [-0.25, -0.2) is 0 Å². The Morgan fingerprint density at radius 1 is 1.18 bits per heavy atom. The van der Waals surface area contributed by atoms with Crippen molar-refractivity contribution in [3.05, 3.63) is 34.4 Å². The summed E-state index contributed by atoms with van der Waals surface area (Å²) in [6.45, 7) is 10.8. The van der Waals surface area contributed by atoms with E-state index in [9.17, 15) is 10.1 Å². The van der Waals surface area contributed by atoms with Crippen LogP contribution in [0.25, 0.3) is 0 Å². The molecule has 5 heteroatoms. The lowest BCUT2D eigenvalue weighted by molar-refractivity contribution is -0.384. The Kier molecular flexibility index (Phi) is 3.61. The van der Waals surface area contributed by atoms with E-state index in [0.717, 1.165) is 0 Å². The van der Waals surface area contributed by atoms with Gasteiger partial charge in [0.15, 0.2) is 0 Å². The SMILES string of the molecule is CC(C)(C)[Si](C)(C)Oc1ccc([N+](=O)[O-])cc1. The Morgan fingerprint density at radius 3 is 2.00 bits per heavy atom. The minimum absolute atomic E-state index is 0.0904. The van der Waals surface area contributed by atoms with Gasteiger partial charge in [0.05, 0.1) is 4.92 Å². The second-order valence-electron chi connectivity index (χ2n) is 5.61. The summed E-state index contributed by atoms with van der Waals surface area (Å²) in [7, 11) is -1.86. The molecular weight excluding hydrogens is 234 g/mol. The molecule has 0 N–H and O–H groups in total. The Labute approximate surface area is 103 Å². The van der Waals surface area contributed by atoms with Gasteiger partial charge in [-0.15, -0.1) is 0 Å². The van der Waals surface area contributed by atoms with Gasteiger partial charge in [-0.2, -0.15) is 0 Å². The monoisotopic (exact) mass is 253 g/mol. The molecule has 1 aromatic carbocycles. The molecule has 0 radical (unpaired) electrons. The van der Waals surface area contributed by atoms with E-state index in [1.54, 1.807) is 12.1 Å². The van der Waals surface area contributed by atoms with E-state index in [1.165, 1.54) is 12.1 Å². The average Bonchev–Trinajstić information content (AvgIpc) is 2.16. The first-order valence-electron chi connectivity index (χ1n) is 5.57. The van der Waals surface area contributed by atoms with Crippen molar-refractivity contribution >= 4 is 14.0 Å². The van der Waals surface area contributed by atoms with E-state index >= 15 is 0 Å². The first kappa shape index (κ1) is 13.7. The average molecular weight is 253 g/mol. The molecule has 94 valence electrons. The first-order valence-corrected chi connectivity index (χ1v) is 8.48. The van der Waals surface area contributed by atoms with Crippen LogP contribution in [0.5, 0.6) is 5.75 Å². The van der Waals surface area contributed by atoms with Gasteiger partial charge in [0.2, 0.25) is 8.32 Å². The highest BCUT2D eigenvalue weighted by atomic mass is 28.4. The highest BCUT2D eigenvalue weighted by molar-refractivity contribution is 6.74. The molecule has 0 amide bonds. The Bertz CT molecular complexity index is 407. The molecule has 1 rings (SSSR count). The molecule has 0 bridgehead atoms. The summed E-state index contributed by atoms with van der Waals surface area (Å²) in [4.78, 5) is 10.1. The molecular formula is C12H19NO3Si. The van der Waals surface area contributed by atoms with Gasteiger partial charge in [0.25, 0.3) is 5.69 Å². The van der Waals surface area contributed by atoms with Crippen molar-refractivity contribution in [3.8, 4) is 5.75 Å². The molecule has 0 aromatic heterocycles. The topological polar surface area (TPSA) is 52.4 Å². The summed E-state index contributed by atoms with van der Waals surface area (Å²) in [5.74, 6) is 0.710. The highest BCUT2D eigenvalue weighted by Gasteiger charge is 2.38. The van der Waals surface area contributed by atoms with Crippen LogP contribution in [0.1, 0.15) is 20.8 Å². The maximum absolute atomic E-state index is 10.5. The summed E-state index contributed by atoms with van der Waals surface area (Å²) in [5.41, 5.74) is 0.0904. The zero-order valence-corrected chi connectivity index (χ0v) is 12.0. The minimum Gasteiger partial charge on any atom is -0.543 e. The van der Waals surface area contributed by atoms with Crippen LogP contribution in [-0.2, 0) is 0 Å². The largest absolute Gasteiger partial charge is 0.543 e. The van der Waals surface area contributed by atoms with Gasteiger partial charge in [0.1, 0.15) is 5.75 Å². The summed E-state index contributed by atoms with van der Waals surface area (Å²) < 4.78 is 6.02. The van der Waals surface area contributed by atoms with Crippen molar-refractivity contribution in [2.75, 3.05) is 0 Å². The van der Waals surface area contributed by atoms with Crippen LogP contribution in [0.3, 0.4) is 0 Å². The van der Waals surface area contributed by atoms with Crippen LogP contribution in [0.2, 0.25) is 18.1 Å². The molecule has 0 atom stereocenters. The van der Waals surface area contributed by atoms with Gasteiger partial charge < -0.3 is 4.43 Å². The summed E-state index contributed by atoms with van der Waals surface area (Å²) in [6, 6.07) is 6.28. The third kappa shape index (κ3) is 3.29. The van der Waals surface area contributed by atoms with E-state index in [1.807, 2.05) is 0 Å². The van der Waals surface area contributed by atoms with Gasteiger partial charge >= 0.3 is 0 Å². The first-order chi connectivity index (χ1) is 7.63. The Balaban J connectivity index is 2.86. The maximum atomic E-state index is 10.5. The second-order valence-corrected chi connectivity index (χ2v) is 10.3. The second kappa shape index (κ2) is 4.48. The van der Waals surface area contributed by atoms with Gasteiger partial charge in [-0.1, -0.05) is 20.8 Å². The maximum Gasteiger partial charge on any atom is 0.269 e. The van der Waals surface area contributed by atoms with Crippen molar-refractivity contribution in [2.24, 2.45) is 0 Å². The molecule has 0 aliphatic heterocycles. The molecule has 0 fully saturated rings. The lowest BCUT2D eigenvalue weighted by atomic mass is 10.2. The van der Waals surface area contributed by atoms with Crippen LogP contribution in [0, 0.1) is 10.1 Å². The van der Waals surface area contributed by atoms with Crippen molar-refractivity contribution in [1.29, 1.82) is 0 Å². The normalized spacial score (nSPS) is 12.3. The van der Waals surface area contributed by atoms with Crippen molar-refractivity contribution in [3.63, 3.8) is 0 Å². The molecule has 0 spiro atoms. The third-order valence-electron chi connectivity index (χ3n) is 3.23. The number of rotatable bonds is 3. The zero-order chi connectivity index (χ0) is 13.3. The molecule has 17 heavy (non-hydrogen) atoms. The number of hydrogen-bond donors (Lipinski definition) is 0. The number of nitrogens with zero attached hydrogens (tertiary/aromatic N) is 1. The highest BCUT2D eigenvalue weighted by Crippen LogP contribution is 2.37. The summed E-state index contributed by atoms with van der Waals surface area (Å²) >= 11 is 0. The van der Waals surface area contributed by atoms with Crippen molar-refractivity contribution < 1.29 is 9.35 Å². The van der Waals surface area contributed by atoms with E-state index < -0.39 is 13.2 Å². The van der Waals surface area contributed by atoms with Crippen LogP contribution < -0.4 is 4.43 Å². The third-order valence-corrected chi connectivity index (χ3v) is 7.59. The number of hydrogen-bond acceptors (Lipinski definition) is 3. The standard InChI is InChI=1S/C12H19NO3Si/c1-12(2,3)17(4,5)16-11-8-6-10(7-9-11)13(14)15/h6-9H,1-5H3. The predicted molar refractivity (Wildman–Crippen MR) is 70.9 cm³/mol. The predicted octanol–water partition coefficient (Wildman–Crippen LogP) is 3.98. The van der Waals surface area contributed by atoms with E-state index in [-0.39, 0.29) is 10.7 Å². The smallest absolute Gasteiger partial charge is 0.269 e. The van der Waals surface area contributed by atoms with Gasteiger partial charge in [-0.05, 0) is 30.3 Å². The Hall–Kier alpha value is -1.36. The number of nitro benzene ring substituents is 1. The number of non-ortho nitro benzene ring substituents is 1. The van der Waals surface area contributed by atoms with E-state index in [2.05, 4.69) is 33.9 Å². The fourth-order valence-electron chi connectivity index (χ4n) is 1.08. The van der Waals surface area contributed by atoms with Crippen LogP contribution in [0.15, 0.2) is 24.3 Å². The van der Waals surface area contributed by atoms with Crippen molar-refractivity contribution in [1.82, 2.24) is 0 Å². The molecule has 0 heterocycles. The lowest BCUT2D eigenvalue weighted by Crippen LogP contribution is -2.43. The van der Waals surface area contributed by atoms with Gasteiger partial charge in [-0.3, -0.25) is 10.1 Å². The molecule has 0 aliphatic carbocycles. The zero-order valence-electron chi connectivity index (χ0n) is 11.0. The van der Waals surface area contributed by atoms with E-state index in [4.69, 9.17) is 4.43 Å². The molecule has 4 nitrogen and oxygen atoms in total. The fourth-order valence-corrected chi connectivity index (χ4v) is 2.12. The summed E-state index contributed by atoms with van der Waals surface area (Å²) in [5, 5.41) is 10.6.